The SMILES string of the molecule is CC(CNC(=O)c1ccc(C#Cc2ccc(CN3CCCCC3)cc2)cc1)C(=O)N(O)O. The largest absolute Gasteiger partial charge is 0.351 e. The zero-order valence-corrected chi connectivity index (χ0v) is 18.3. The highest BCUT2D eigenvalue weighted by Gasteiger charge is 2.19. The molecule has 2 amide bonds. The fraction of sp³-hybridized carbons (Fsp3) is 0.360. The van der Waals surface area contributed by atoms with Crippen LogP contribution >= 0.6 is 0 Å². The van der Waals surface area contributed by atoms with Crippen LogP contribution in [0.1, 0.15) is 53.2 Å². The minimum Gasteiger partial charge on any atom is -0.351 e. The lowest BCUT2D eigenvalue weighted by atomic mass is 10.1. The molecule has 168 valence electrons. The first-order valence-electron chi connectivity index (χ1n) is 10.9. The fourth-order valence-corrected chi connectivity index (χ4v) is 3.55. The van der Waals surface area contributed by atoms with E-state index < -0.39 is 17.1 Å². The first-order valence-corrected chi connectivity index (χ1v) is 10.9. The second kappa shape index (κ2) is 11.4. The second-order valence-electron chi connectivity index (χ2n) is 8.10. The molecule has 0 saturated carbocycles. The van der Waals surface area contributed by atoms with Crippen molar-refractivity contribution in [3.63, 3.8) is 0 Å². The molecule has 0 aliphatic carbocycles. The Balaban J connectivity index is 1.52. The minimum atomic E-state index is -0.893. The van der Waals surface area contributed by atoms with Crippen molar-refractivity contribution in [2.75, 3.05) is 19.6 Å². The van der Waals surface area contributed by atoms with Crippen molar-refractivity contribution in [2.45, 2.75) is 32.7 Å². The van der Waals surface area contributed by atoms with Gasteiger partial charge in [-0.15, -0.1) is 0 Å². The standard InChI is InChI=1S/C25H29N3O4/c1-19(25(30)28(31)32)17-26-24(29)23-13-11-21(12-14-23)6-5-20-7-9-22(10-8-20)18-27-15-3-2-4-16-27/h7-14,19,31-32H,2-4,15-18H2,1H3,(H,26,29). The lowest BCUT2D eigenvalue weighted by Crippen LogP contribution is -2.37. The van der Waals surface area contributed by atoms with Crippen LogP contribution in [-0.4, -0.2) is 52.0 Å². The summed E-state index contributed by atoms with van der Waals surface area (Å²) < 4.78 is 0. The van der Waals surface area contributed by atoms with Gasteiger partial charge in [0, 0.05) is 29.8 Å². The molecule has 1 fully saturated rings. The Morgan fingerprint density at radius 2 is 1.53 bits per heavy atom. The number of hydroxylamine groups is 2. The number of benzene rings is 2. The Kier molecular flexibility index (Phi) is 8.40. The van der Waals surface area contributed by atoms with Gasteiger partial charge in [0.2, 0.25) is 0 Å². The van der Waals surface area contributed by atoms with Crippen molar-refractivity contribution in [2.24, 2.45) is 5.92 Å². The average Bonchev–Trinajstić information content (AvgIpc) is 2.82. The van der Waals surface area contributed by atoms with Crippen molar-refractivity contribution < 1.29 is 20.0 Å². The van der Waals surface area contributed by atoms with Crippen LogP contribution < -0.4 is 5.32 Å². The van der Waals surface area contributed by atoms with E-state index in [1.165, 1.54) is 44.8 Å². The van der Waals surface area contributed by atoms with Gasteiger partial charge in [0.15, 0.2) is 0 Å². The van der Waals surface area contributed by atoms with E-state index in [4.69, 9.17) is 10.4 Å². The van der Waals surface area contributed by atoms with Gasteiger partial charge in [0.1, 0.15) is 0 Å². The van der Waals surface area contributed by atoms with Crippen LogP contribution in [0.25, 0.3) is 0 Å². The monoisotopic (exact) mass is 435 g/mol. The van der Waals surface area contributed by atoms with Gasteiger partial charge in [-0.2, -0.15) is 0 Å². The van der Waals surface area contributed by atoms with Crippen LogP contribution in [-0.2, 0) is 11.3 Å². The molecular formula is C25H29N3O4. The fourth-order valence-electron chi connectivity index (χ4n) is 3.55. The van der Waals surface area contributed by atoms with Gasteiger partial charge in [-0.05, 0) is 67.9 Å². The number of nitrogens with one attached hydrogen (secondary N) is 1. The molecule has 1 atom stereocenters. The van der Waals surface area contributed by atoms with E-state index in [0.717, 1.165) is 17.7 Å². The topological polar surface area (TPSA) is 93.1 Å². The Labute approximate surface area is 188 Å². The molecule has 1 aliphatic heterocycles. The highest BCUT2D eigenvalue weighted by atomic mass is 16.8. The summed E-state index contributed by atoms with van der Waals surface area (Å²) in [5.74, 6) is 4.25. The molecule has 0 radical (unpaired) electrons. The molecule has 2 aromatic rings. The lowest BCUT2D eigenvalue weighted by molar-refractivity contribution is -0.287. The predicted octanol–water partition coefficient (Wildman–Crippen LogP) is 3.05. The summed E-state index contributed by atoms with van der Waals surface area (Å²) in [6.45, 7) is 4.82. The van der Waals surface area contributed by atoms with Gasteiger partial charge in [0.25, 0.3) is 11.8 Å². The van der Waals surface area contributed by atoms with Crippen LogP contribution in [0.15, 0.2) is 48.5 Å². The molecule has 0 bridgehead atoms. The van der Waals surface area contributed by atoms with E-state index in [1.807, 2.05) is 12.1 Å². The predicted molar refractivity (Wildman–Crippen MR) is 120 cm³/mol. The van der Waals surface area contributed by atoms with Gasteiger partial charge >= 0.3 is 0 Å². The Hall–Kier alpha value is -3.18. The number of hydrogen-bond donors (Lipinski definition) is 3. The highest BCUT2D eigenvalue weighted by Crippen LogP contribution is 2.13. The summed E-state index contributed by atoms with van der Waals surface area (Å²) in [7, 11) is 0. The number of carbonyl (C=O) groups excluding carboxylic acids is 2. The molecule has 1 saturated heterocycles. The molecule has 0 aromatic heterocycles. The molecular weight excluding hydrogens is 406 g/mol. The van der Waals surface area contributed by atoms with Gasteiger partial charge in [-0.25, -0.2) is 0 Å². The van der Waals surface area contributed by atoms with E-state index >= 15 is 0 Å². The van der Waals surface area contributed by atoms with Crippen molar-refractivity contribution in [3.8, 4) is 11.8 Å². The quantitative estimate of drug-likeness (QED) is 0.368. The van der Waals surface area contributed by atoms with Crippen molar-refractivity contribution in [1.82, 2.24) is 15.4 Å². The summed E-state index contributed by atoms with van der Waals surface area (Å²) in [5, 5.41) is 19.6. The molecule has 0 spiro atoms. The normalized spacial score (nSPS) is 14.7. The first-order chi connectivity index (χ1) is 15.4. The Bertz CT molecular complexity index is 969. The van der Waals surface area contributed by atoms with Crippen molar-refractivity contribution in [3.05, 3.63) is 70.8 Å². The van der Waals surface area contributed by atoms with Gasteiger partial charge < -0.3 is 5.32 Å². The van der Waals surface area contributed by atoms with Crippen LogP contribution in [0.2, 0.25) is 0 Å². The smallest absolute Gasteiger partial charge is 0.277 e. The number of hydrogen-bond acceptors (Lipinski definition) is 5. The third-order valence-electron chi connectivity index (χ3n) is 5.49. The van der Waals surface area contributed by atoms with Crippen LogP contribution in [0.3, 0.4) is 0 Å². The van der Waals surface area contributed by atoms with Gasteiger partial charge in [-0.1, -0.05) is 42.5 Å². The van der Waals surface area contributed by atoms with E-state index in [0.29, 0.717) is 5.56 Å². The molecule has 3 rings (SSSR count). The first kappa shape index (κ1) is 23.5. The van der Waals surface area contributed by atoms with Crippen molar-refractivity contribution in [1.29, 1.82) is 0 Å². The molecule has 7 nitrogen and oxygen atoms in total. The Morgan fingerprint density at radius 3 is 2.09 bits per heavy atom. The molecule has 1 aliphatic rings. The summed E-state index contributed by atoms with van der Waals surface area (Å²) in [5.41, 5.74) is 3.46. The van der Waals surface area contributed by atoms with Crippen LogP contribution in [0.5, 0.6) is 0 Å². The zero-order valence-electron chi connectivity index (χ0n) is 18.3. The molecule has 1 unspecified atom stereocenters. The minimum absolute atomic E-state index is 0.00933. The number of carbonyl (C=O) groups is 2. The van der Waals surface area contributed by atoms with E-state index in [2.05, 4.69) is 34.2 Å². The Morgan fingerprint density at radius 1 is 0.969 bits per heavy atom. The summed E-state index contributed by atoms with van der Waals surface area (Å²) in [6.07, 6.45) is 3.91. The number of rotatable bonds is 6. The maximum Gasteiger partial charge on any atom is 0.277 e. The van der Waals surface area contributed by atoms with Crippen LogP contribution in [0.4, 0.5) is 0 Å². The molecule has 1 heterocycles. The number of piperidine rings is 1. The third kappa shape index (κ3) is 6.92. The maximum atomic E-state index is 12.2. The summed E-state index contributed by atoms with van der Waals surface area (Å²) in [4.78, 5) is 26.1. The zero-order chi connectivity index (χ0) is 22.9. The highest BCUT2D eigenvalue weighted by molar-refractivity contribution is 5.94. The third-order valence-corrected chi connectivity index (χ3v) is 5.49. The number of nitrogens with zero attached hydrogens (tertiary/aromatic N) is 2. The summed E-state index contributed by atoms with van der Waals surface area (Å²) >= 11 is 0. The molecule has 2 aromatic carbocycles. The summed E-state index contributed by atoms with van der Waals surface area (Å²) in [6, 6.07) is 15.2. The lowest BCUT2D eigenvalue weighted by Gasteiger charge is -2.26. The van der Waals surface area contributed by atoms with E-state index in [9.17, 15) is 9.59 Å². The molecule has 32 heavy (non-hydrogen) atoms. The second-order valence-corrected chi connectivity index (χ2v) is 8.10. The average molecular weight is 436 g/mol. The van der Waals surface area contributed by atoms with E-state index in [1.54, 1.807) is 24.3 Å². The number of likely N-dealkylation sites (tertiary alicyclic amines) is 1. The molecule has 3 N–H and O–H groups in total. The van der Waals surface area contributed by atoms with Gasteiger partial charge in [0.05, 0.1) is 5.92 Å². The van der Waals surface area contributed by atoms with Crippen LogP contribution in [0, 0.1) is 17.8 Å². The van der Waals surface area contributed by atoms with E-state index in [-0.39, 0.29) is 12.5 Å². The number of amides is 2. The van der Waals surface area contributed by atoms with Crippen molar-refractivity contribution >= 4 is 11.8 Å². The van der Waals surface area contributed by atoms with Gasteiger partial charge in [-0.3, -0.25) is 24.9 Å². The maximum absolute atomic E-state index is 12.2. The molecule has 7 heteroatoms.